The molecule has 0 radical (unpaired) electrons. The zero-order valence-electron chi connectivity index (χ0n) is 34.8. The van der Waals surface area contributed by atoms with E-state index < -0.39 is 65.7 Å². The van der Waals surface area contributed by atoms with Crippen molar-refractivity contribution in [3.05, 3.63) is 46.5 Å². The molecule has 0 saturated carbocycles. The summed E-state index contributed by atoms with van der Waals surface area (Å²) in [6.45, 7) is 15.5. The van der Waals surface area contributed by atoms with Crippen LogP contribution in [0.1, 0.15) is 86.6 Å². The van der Waals surface area contributed by atoms with Gasteiger partial charge in [-0.3, -0.25) is 14.9 Å². The third-order valence-corrected chi connectivity index (χ3v) is 12.7. The first kappa shape index (κ1) is 45.4. The fourth-order valence-electron chi connectivity index (χ4n) is 7.50. The van der Waals surface area contributed by atoms with E-state index in [1.54, 1.807) is 64.0 Å². The molecule has 0 aliphatic carbocycles. The molecule has 2 fully saturated rings. The number of anilines is 1. The standard InChI is InChI=1S/C41H60ClN3O10S/c1-23(2)56-39(6,7)17-16-33(46)44(9)26(5)37(48)54-32-21-34(47)45(10)28-19-27(20-29(51-11)35(28)42)18-24(3)14-13-15-31(52-12)41(50)22-30(53-38(49)43-41)25(4)36-40(32,8)55-36/h13-15,19-20,23,25-26,30-32,36,50H,16-18,21-22H2,1-12H3,(H,43,49)/b15-13-,24-14-/t25-,26+,30?,31-,32+,36+,40?,41?/m1/s1. The van der Waals surface area contributed by atoms with Gasteiger partial charge in [-0.05, 0) is 56.6 Å². The van der Waals surface area contributed by atoms with Crippen molar-refractivity contribution in [2.45, 2.75) is 139 Å². The molecule has 2 N–H and O–H groups in total. The van der Waals surface area contributed by atoms with Gasteiger partial charge < -0.3 is 38.6 Å². The SMILES string of the molecule is COc1cc2cc(c1Cl)N(C)C(=O)C[C@H](OC(=O)[C@H](C)N(C)C(=O)CCC(C)(C)SC(C)C)C1(C)O[C@H]1[C@H](C)C1CC(O)(NC(=O)O1)[C@H](OC)/C=C\C=C(\C)C2. The lowest BCUT2D eigenvalue weighted by molar-refractivity contribution is -0.162. The van der Waals surface area contributed by atoms with E-state index >= 15 is 0 Å². The van der Waals surface area contributed by atoms with Crippen LogP contribution in [-0.4, -0.2) is 114 Å². The van der Waals surface area contributed by atoms with Crippen molar-refractivity contribution in [1.82, 2.24) is 10.2 Å². The average Bonchev–Trinajstić information content (AvgIpc) is 3.82. The Kier molecular flexibility index (Phi) is 14.7. The number of likely N-dealkylation sites (N-methyl/N-ethyl adjacent to an activating group) is 1. The Morgan fingerprint density at radius 2 is 1.89 bits per heavy atom. The predicted molar refractivity (Wildman–Crippen MR) is 217 cm³/mol. The number of ether oxygens (including phenoxy) is 5. The highest BCUT2D eigenvalue weighted by Crippen LogP contribution is 2.49. The first-order chi connectivity index (χ1) is 26.0. The summed E-state index contributed by atoms with van der Waals surface area (Å²) >= 11 is 8.58. The van der Waals surface area contributed by atoms with Crippen molar-refractivity contribution in [3.63, 3.8) is 0 Å². The zero-order valence-corrected chi connectivity index (χ0v) is 36.3. The van der Waals surface area contributed by atoms with E-state index in [-0.39, 0.29) is 34.9 Å². The molecule has 4 rings (SSSR count). The van der Waals surface area contributed by atoms with E-state index in [0.29, 0.717) is 29.5 Å². The maximum Gasteiger partial charge on any atom is 0.409 e. The van der Waals surface area contributed by atoms with Gasteiger partial charge in [0.1, 0.15) is 40.7 Å². The molecule has 312 valence electrons. The Morgan fingerprint density at radius 3 is 2.52 bits per heavy atom. The molecule has 3 heterocycles. The van der Waals surface area contributed by atoms with Crippen LogP contribution in [-0.2, 0) is 39.8 Å². The second kappa shape index (κ2) is 18.1. The number of carbonyl (C=O) groups excluding carboxylic acids is 4. The highest BCUT2D eigenvalue weighted by molar-refractivity contribution is 8.01. The van der Waals surface area contributed by atoms with Gasteiger partial charge in [0, 0.05) is 44.7 Å². The van der Waals surface area contributed by atoms with Crippen LogP contribution < -0.4 is 15.0 Å². The van der Waals surface area contributed by atoms with E-state index in [1.165, 1.54) is 24.0 Å². The number of hydrogen-bond acceptors (Lipinski definition) is 11. The number of methoxy groups -OCH3 is 2. The molecule has 3 amide bonds. The van der Waals surface area contributed by atoms with Gasteiger partial charge in [-0.1, -0.05) is 70.0 Å². The fraction of sp³-hybridized carbons (Fsp3) is 0.659. The van der Waals surface area contributed by atoms with Gasteiger partial charge in [0.05, 0.1) is 25.3 Å². The van der Waals surface area contributed by atoms with Crippen molar-refractivity contribution >= 4 is 52.9 Å². The maximum absolute atomic E-state index is 14.2. The van der Waals surface area contributed by atoms with Crippen LogP contribution >= 0.6 is 23.4 Å². The van der Waals surface area contributed by atoms with Crippen LogP contribution in [0.4, 0.5) is 10.5 Å². The predicted octanol–water partition coefficient (Wildman–Crippen LogP) is 6.21. The highest BCUT2D eigenvalue weighted by Gasteiger charge is 2.64. The van der Waals surface area contributed by atoms with E-state index in [9.17, 15) is 24.3 Å². The fourth-order valence-corrected chi connectivity index (χ4v) is 9.31. The monoisotopic (exact) mass is 821 g/mol. The molecule has 0 spiro atoms. The maximum atomic E-state index is 14.2. The number of nitrogens with zero attached hydrogens (tertiary/aromatic N) is 2. The Bertz CT molecular complexity index is 1700. The number of benzene rings is 1. The van der Waals surface area contributed by atoms with Gasteiger partial charge in [-0.25, -0.2) is 9.59 Å². The molecule has 0 aromatic heterocycles. The van der Waals surface area contributed by atoms with Crippen LogP contribution in [0.25, 0.3) is 0 Å². The number of fused-ring (bicyclic) bond motifs is 5. The summed E-state index contributed by atoms with van der Waals surface area (Å²) in [5.41, 5.74) is -0.900. The van der Waals surface area contributed by atoms with Crippen LogP contribution in [0.2, 0.25) is 5.02 Å². The Morgan fingerprint density at radius 1 is 1.21 bits per heavy atom. The lowest BCUT2D eigenvalue weighted by atomic mass is 9.83. The van der Waals surface area contributed by atoms with Gasteiger partial charge in [-0.2, -0.15) is 11.8 Å². The molecule has 1 aromatic carbocycles. The van der Waals surface area contributed by atoms with Crippen LogP contribution in [0, 0.1) is 5.92 Å². The minimum Gasteiger partial charge on any atom is -0.495 e. The zero-order chi connectivity index (χ0) is 41.9. The lowest BCUT2D eigenvalue weighted by Gasteiger charge is -2.42. The molecule has 56 heavy (non-hydrogen) atoms. The normalized spacial score (nSPS) is 30.6. The third-order valence-electron chi connectivity index (χ3n) is 11.0. The number of esters is 1. The molecular weight excluding hydrogens is 762 g/mol. The molecule has 8 atom stereocenters. The van der Waals surface area contributed by atoms with Crippen molar-refractivity contribution in [2.24, 2.45) is 5.92 Å². The van der Waals surface area contributed by atoms with Gasteiger partial charge in [0.25, 0.3) is 0 Å². The summed E-state index contributed by atoms with van der Waals surface area (Å²) in [4.78, 5) is 57.1. The van der Waals surface area contributed by atoms with Crippen LogP contribution in [0.15, 0.2) is 35.9 Å². The van der Waals surface area contributed by atoms with E-state index in [1.807, 2.05) is 19.9 Å². The van der Waals surface area contributed by atoms with Crippen molar-refractivity contribution in [1.29, 1.82) is 0 Å². The summed E-state index contributed by atoms with van der Waals surface area (Å²) in [7, 11) is 6.09. The number of alkyl carbamates (subject to hydrolysis) is 1. The number of allylic oxidation sites excluding steroid dienone is 3. The number of aliphatic hydroxyl groups is 1. The first-order valence-corrected chi connectivity index (χ1v) is 20.3. The van der Waals surface area contributed by atoms with Gasteiger partial charge in [0.2, 0.25) is 11.8 Å². The topological polar surface area (TPSA) is 156 Å². The summed E-state index contributed by atoms with van der Waals surface area (Å²) in [5.74, 6) is -1.49. The Labute approximate surface area is 340 Å². The molecule has 3 unspecified atom stereocenters. The minimum atomic E-state index is -1.83. The number of carbonyl (C=O) groups is 4. The molecule has 4 bridgehead atoms. The van der Waals surface area contributed by atoms with Crippen molar-refractivity contribution in [2.75, 3.05) is 33.2 Å². The summed E-state index contributed by atoms with van der Waals surface area (Å²) < 4.78 is 29.2. The second-order valence-electron chi connectivity index (χ2n) is 16.3. The van der Waals surface area contributed by atoms with Crippen molar-refractivity contribution < 1.29 is 48.0 Å². The number of halogens is 1. The first-order valence-electron chi connectivity index (χ1n) is 19.1. The van der Waals surface area contributed by atoms with E-state index in [0.717, 1.165) is 11.1 Å². The quantitative estimate of drug-likeness (QED) is 0.204. The smallest absolute Gasteiger partial charge is 0.409 e. The highest BCUT2D eigenvalue weighted by atomic mass is 35.5. The van der Waals surface area contributed by atoms with Gasteiger partial charge in [0.15, 0.2) is 5.72 Å². The largest absolute Gasteiger partial charge is 0.495 e. The third kappa shape index (κ3) is 10.6. The average molecular weight is 822 g/mol. The number of rotatable bonds is 10. The summed E-state index contributed by atoms with van der Waals surface area (Å²) in [5, 5.41) is 14.9. The number of hydrogen-bond donors (Lipinski definition) is 2. The molecule has 2 saturated heterocycles. The molecule has 13 nitrogen and oxygen atoms in total. The van der Waals surface area contributed by atoms with Gasteiger partial charge in [-0.15, -0.1) is 0 Å². The number of nitrogens with one attached hydrogen (secondary N) is 1. The molecule has 3 aliphatic rings. The van der Waals surface area contributed by atoms with Crippen LogP contribution in [0.5, 0.6) is 5.75 Å². The number of amides is 3. The van der Waals surface area contributed by atoms with E-state index in [2.05, 4.69) is 33.0 Å². The van der Waals surface area contributed by atoms with Gasteiger partial charge >= 0.3 is 12.1 Å². The van der Waals surface area contributed by atoms with Crippen molar-refractivity contribution in [3.8, 4) is 5.75 Å². The number of thioether (sulfide) groups is 1. The molecule has 1 aromatic rings. The molecule has 15 heteroatoms. The summed E-state index contributed by atoms with van der Waals surface area (Å²) in [6.07, 6.45) is 1.85. The number of epoxide rings is 1. The molecule has 3 aliphatic heterocycles. The second-order valence-corrected chi connectivity index (χ2v) is 19.0. The Hall–Kier alpha value is -3.30. The Balaban J connectivity index is 1.70. The molecular formula is C41H60ClN3O10S. The van der Waals surface area contributed by atoms with Crippen LogP contribution in [0.3, 0.4) is 0 Å². The summed E-state index contributed by atoms with van der Waals surface area (Å²) in [6, 6.07) is 2.63. The minimum absolute atomic E-state index is 0.0476. The van der Waals surface area contributed by atoms with E-state index in [4.69, 9.17) is 35.3 Å². The lowest BCUT2D eigenvalue weighted by Crippen LogP contribution is -2.63.